The van der Waals surface area contributed by atoms with Crippen molar-refractivity contribution in [2.75, 3.05) is 5.75 Å². The zero-order chi connectivity index (χ0) is 10.6. The van der Waals surface area contributed by atoms with Crippen molar-refractivity contribution in [2.24, 2.45) is 0 Å². The molecular formula is C11H18O2S2. The molecule has 0 amide bonds. The van der Waals surface area contributed by atoms with Crippen LogP contribution in [-0.2, 0) is 9.22 Å². The molecule has 1 heterocycles. The van der Waals surface area contributed by atoms with Crippen molar-refractivity contribution in [3.8, 4) is 0 Å². The van der Waals surface area contributed by atoms with Gasteiger partial charge in [0, 0.05) is 5.75 Å². The molecule has 0 radical (unpaired) electrons. The maximum atomic E-state index is 4.87. The summed E-state index contributed by atoms with van der Waals surface area (Å²) < 4.78 is 4.87. The third kappa shape index (κ3) is 8.90. The largest absolute Gasteiger partial charge is 0.332 e. The van der Waals surface area contributed by atoms with E-state index in [9.17, 15) is 0 Å². The summed E-state index contributed by atoms with van der Waals surface area (Å²) in [6.07, 6.45) is 15.3. The quantitative estimate of drug-likeness (QED) is 0.351. The molecule has 0 saturated carbocycles. The number of hydrogen-bond donors (Lipinski definition) is 0. The van der Waals surface area contributed by atoms with Crippen LogP contribution in [0.5, 0.6) is 0 Å². The maximum Gasteiger partial charge on any atom is 0.130 e. The molecule has 0 aromatic carbocycles. The lowest BCUT2D eigenvalue weighted by Gasteiger charge is -2.00. The Morgan fingerprint density at radius 2 is 1.80 bits per heavy atom. The van der Waals surface area contributed by atoms with Gasteiger partial charge in [0.2, 0.25) is 0 Å². The number of allylic oxidation sites excluding steroid dienone is 3. The van der Waals surface area contributed by atoms with Crippen LogP contribution >= 0.6 is 21.9 Å². The Morgan fingerprint density at radius 3 is 2.80 bits per heavy atom. The SMILES string of the molecule is C1=C\OOSSCCCCCCC/C=C/1. The van der Waals surface area contributed by atoms with Gasteiger partial charge in [0.1, 0.15) is 17.3 Å². The summed E-state index contributed by atoms with van der Waals surface area (Å²) >= 11 is 1.30. The van der Waals surface area contributed by atoms with E-state index in [1.807, 2.05) is 12.2 Å². The van der Waals surface area contributed by atoms with E-state index in [1.165, 1.54) is 43.2 Å². The average Bonchev–Trinajstić information content (AvgIpc) is 2.27. The second kappa shape index (κ2) is 10.5. The van der Waals surface area contributed by atoms with Crippen molar-refractivity contribution >= 4 is 21.9 Å². The standard InChI is InChI=1S/C11H18O2S2/c1-2-4-6-8-10-12-13-15-14-11-9-7-5-3-1/h4,6,8,10H,1-3,5,7,9,11H2/b6-4+,10-8-. The molecule has 0 aromatic heterocycles. The molecule has 0 fully saturated rings. The molecule has 15 heavy (non-hydrogen) atoms. The molecule has 1 aliphatic rings. The van der Waals surface area contributed by atoms with Crippen molar-refractivity contribution in [3.63, 3.8) is 0 Å². The van der Waals surface area contributed by atoms with Gasteiger partial charge in [0.15, 0.2) is 0 Å². The topological polar surface area (TPSA) is 18.5 Å². The Balaban J connectivity index is 2.16. The van der Waals surface area contributed by atoms with E-state index in [0.717, 1.165) is 12.2 Å². The molecule has 0 saturated heterocycles. The molecule has 0 spiro atoms. The van der Waals surface area contributed by atoms with E-state index < -0.39 is 0 Å². The summed E-state index contributed by atoms with van der Waals surface area (Å²) in [6.45, 7) is 0. The highest BCUT2D eigenvalue weighted by atomic mass is 33.1. The van der Waals surface area contributed by atoms with Crippen LogP contribution in [0, 0.1) is 0 Å². The molecule has 4 heteroatoms. The van der Waals surface area contributed by atoms with Gasteiger partial charge in [-0.25, -0.2) is 0 Å². The summed E-state index contributed by atoms with van der Waals surface area (Å²) in [6, 6.07) is 0. The summed E-state index contributed by atoms with van der Waals surface area (Å²) in [7, 11) is 1.70. The molecule has 0 N–H and O–H groups in total. The van der Waals surface area contributed by atoms with Crippen LogP contribution < -0.4 is 0 Å². The van der Waals surface area contributed by atoms with Crippen LogP contribution in [0.2, 0.25) is 0 Å². The minimum absolute atomic E-state index is 1.13. The highest BCUT2D eigenvalue weighted by Crippen LogP contribution is 2.24. The van der Waals surface area contributed by atoms with E-state index in [2.05, 4.69) is 6.08 Å². The van der Waals surface area contributed by atoms with Gasteiger partial charge in [-0.2, -0.15) is 0 Å². The highest BCUT2D eigenvalue weighted by molar-refractivity contribution is 8.74. The van der Waals surface area contributed by atoms with Crippen molar-refractivity contribution in [1.29, 1.82) is 0 Å². The fraction of sp³-hybridized carbons (Fsp3) is 0.636. The third-order valence-corrected chi connectivity index (χ3v) is 3.74. The second-order valence-electron chi connectivity index (χ2n) is 3.37. The van der Waals surface area contributed by atoms with Crippen molar-refractivity contribution in [1.82, 2.24) is 0 Å². The lowest BCUT2D eigenvalue weighted by molar-refractivity contribution is -0.127. The lowest BCUT2D eigenvalue weighted by atomic mass is 10.1. The smallest absolute Gasteiger partial charge is 0.130 e. The van der Waals surface area contributed by atoms with E-state index in [0.29, 0.717) is 0 Å². The molecule has 0 unspecified atom stereocenters. The van der Waals surface area contributed by atoms with E-state index in [1.54, 1.807) is 17.1 Å². The molecule has 2 nitrogen and oxygen atoms in total. The molecule has 0 aliphatic carbocycles. The van der Waals surface area contributed by atoms with E-state index in [4.69, 9.17) is 9.22 Å². The minimum atomic E-state index is 1.13. The Labute approximate surface area is 100 Å². The monoisotopic (exact) mass is 246 g/mol. The molecule has 0 aromatic rings. The van der Waals surface area contributed by atoms with Gasteiger partial charge in [0.05, 0.1) is 0 Å². The predicted molar refractivity (Wildman–Crippen MR) is 68.2 cm³/mol. The first-order valence-electron chi connectivity index (χ1n) is 5.43. The van der Waals surface area contributed by atoms with Gasteiger partial charge in [-0.3, -0.25) is 0 Å². The first-order valence-corrected chi connectivity index (χ1v) is 7.68. The average molecular weight is 246 g/mol. The normalized spacial score (nSPS) is 25.6. The lowest BCUT2D eigenvalue weighted by Crippen LogP contribution is -1.81. The van der Waals surface area contributed by atoms with Crippen molar-refractivity contribution < 1.29 is 9.22 Å². The van der Waals surface area contributed by atoms with Gasteiger partial charge < -0.3 is 4.89 Å². The summed E-state index contributed by atoms with van der Waals surface area (Å²) in [4.78, 5) is 4.82. The van der Waals surface area contributed by atoms with Gasteiger partial charge in [-0.15, -0.1) is 4.33 Å². The summed E-state index contributed by atoms with van der Waals surface area (Å²) in [5, 5.41) is 0. The van der Waals surface area contributed by atoms with Crippen LogP contribution in [0.4, 0.5) is 0 Å². The Morgan fingerprint density at radius 1 is 0.933 bits per heavy atom. The fourth-order valence-electron chi connectivity index (χ4n) is 1.30. The maximum absolute atomic E-state index is 4.87. The zero-order valence-electron chi connectivity index (χ0n) is 8.89. The molecule has 86 valence electrons. The van der Waals surface area contributed by atoms with Gasteiger partial charge in [-0.1, -0.05) is 42.2 Å². The Kier molecular flexibility index (Phi) is 9.07. The van der Waals surface area contributed by atoms with Crippen LogP contribution in [0.3, 0.4) is 0 Å². The highest BCUT2D eigenvalue weighted by Gasteiger charge is 1.93. The van der Waals surface area contributed by atoms with Gasteiger partial charge >= 0.3 is 0 Å². The van der Waals surface area contributed by atoms with Crippen LogP contribution in [-0.4, -0.2) is 5.75 Å². The molecule has 0 bridgehead atoms. The van der Waals surface area contributed by atoms with Gasteiger partial charge in [0.25, 0.3) is 0 Å². The van der Waals surface area contributed by atoms with Gasteiger partial charge in [-0.05, 0) is 25.3 Å². The first-order chi connectivity index (χ1) is 7.50. The second-order valence-corrected chi connectivity index (χ2v) is 5.40. The van der Waals surface area contributed by atoms with Crippen molar-refractivity contribution in [2.45, 2.75) is 38.5 Å². The molecule has 1 aliphatic heterocycles. The Bertz CT molecular complexity index is 173. The van der Waals surface area contributed by atoms with Crippen molar-refractivity contribution in [3.05, 3.63) is 24.5 Å². The molecular weight excluding hydrogens is 228 g/mol. The number of rotatable bonds is 0. The first kappa shape index (κ1) is 13.0. The summed E-state index contributed by atoms with van der Waals surface area (Å²) in [5.74, 6) is 1.13. The third-order valence-electron chi connectivity index (χ3n) is 2.09. The Hall–Kier alpha value is -0.0600. The summed E-state index contributed by atoms with van der Waals surface area (Å²) in [5.41, 5.74) is 0. The van der Waals surface area contributed by atoms with Crippen LogP contribution in [0.15, 0.2) is 24.5 Å². The number of hydrogen-bond acceptors (Lipinski definition) is 4. The van der Waals surface area contributed by atoms with Crippen LogP contribution in [0.1, 0.15) is 38.5 Å². The van der Waals surface area contributed by atoms with Crippen LogP contribution in [0.25, 0.3) is 0 Å². The molecule has 0 atom stereocenters. The predicted octanol–water partition coefficient (Wildman–Crippen LogP) is 4.66. The molecule has 1 rings (SSSR count). The van der Waals surface area contributed by atoms with E-state index in [-0.39, 0.29) is 0 Å². The minimum Gasteiger partial charge on any atom is -0.332 e. The van der Waals surface area contributed by atoms with E-state index >= 15 is 0 Å². The fourth-order valence-corrected chi connectivity index (χ4v) is 2.58. The zero-order valence-corrected chi connectivity index (χ0v) is 10.5.